The maximum atomic E-state index is 11.1. The Hall–Kier alpha value is 0.213. The zero-order valence-electron chi connectivity index (χ0n) is 7.65. The molecule has 1 aliphatic heterocycles. The van der Waals surface area contributed by atoms with Gasteiger partial charge in [-0.2, -0.15) is 0 Å². The van der Waals surface area contributed by atoms with Crippen molar-refractivity contribution in [2.75, 3.05) is 0 Å². The second kappa shape index (κ2) is 3.75. The fourth-order valence-electron chi connectivity index (χ4n) is 1.78. The van der Waals surface area contributed by atoms with E-state index in [1.165, 1.54) is 23.3 Å². The number of hydrogen-bond acceptors (Lipinski definition) is 1. The first kappa shape index (κ1) is 9.30. The van der Waals surface area contributed by atoms with E-state index in [2.05, 4.69) is 11.5 Å². The predicted molar refractivity (Wildman–Crippen MR) is 50.6 cm³/mol. The standard InChI is InChI=1S/C9H18GeO/c1-10(2)7-3-5-9(11)6-4-8-10/h3-8H2,1-2H3. The second-order valence-electron chi connectivity index (χ2n) is 4.41. The maximum absolute atomic E-state index is 11.1. The van der Waals surface area contributed by atoms with Gasteiger partial charge in [-0.1, -0.05) is 0 Å². The molecule has 1 heterocycles. The van der Waals surface area contributed by atoms with Crippen molar-refractivity contribution < 1.29 is 4.79 Å². The van der Waals surface area contributed by atoms with Gasteiger partial charge in [0.05, 0.1) is 0 Å². The number of hydrogen-bond donors (Lipinski definition) is 0. The summed E-state index contributed by atoms with van der Waals surface area (Å²) in [5.41, 5.74) is 0. The van der Waals surface area contributed by atoms with Crippen molar-refractivity contribution in [3.8, 4) is 0 Å². The minimum atomic E-state index is -1.32. The Morgan fingerprint density at radius 2 is 1.55 bits per heavy atom. The first-order valence-corrected chi connectivity index (χ1v) is 11.8. The molecule has 1 saturated heterocycles. The topological polar surface area (TPSA) is 17.1 Å². The van der Waals surface area contributed by atoms with Crippen LogP contribution in [0, 0.1) is 0 Å². The molecule has 0 saturated carbocycles. The van der Waals surface area contributed by atoms with Gasteiger partial charge < -0.3 is 0 Å². The van der Waals surface area contributed by atoms with Crippen LogP contribution in [0.15, 0.2) is 0 Å². The molecular formula is C9H18GeO. The van der Waals surface area contributed by atoms with Gasteiger partial charge in [0.2, 0.25) is 0 Å². The van der Waals surface area contributed by atoms with Crippen LogP contribution in [0.2, 0.25) is 22.0 Å². The van der Waals surface area contributed by atoms with Crippen LogP contribution in [0.4, 0.5) is 0 Å². The van der Waals surface area contributed by atoms with Crippen LogP contribution < -0.4 is 0 Å². The molecule has 0 unspecified atom stereocenters. The van der Waals surface area contributed by atoms with Crippen LogP contribution in [0.25, 0.3) is 0 Å². The van der Waals surface area contributed by atoms with Gasteiger partial charge >= 0.3 is 71.5 Å². The van der Waals surface area contributed by atoms with Gasteiger partial charge in [0, 0.05) is 0 Å². The SMILES string of the molecule is [CH3][Ge]1([CH3])[CH2]CCC(=O)CC[CH2]1. The Balaban J connectivity index is 2.41. The van der Waals surface area contributed by atoms with E-state index in [0.717, 1.165) is 12.8 Å². The van der Waals surface area contributed by atoms with Gasteiger partial charge in [-0.25, -0.2) is 0 Å². The van der Waals surface area contributed by atoms with E-state index in [0.29, 0.717) is 5.78 Å². The van der Waals surface area contributed by atoms with Gasteiger partial charge in [0.15, 0.2) is 0 Å². The summed E-state index contributed by atoms with van der Waals surface area (Å²) in [6.07, 6.45) is 4.11. The third-order valence-electron chi connectivity index (χ3n) is 2.62. The number of rotatable bonds is 0. The first-order valence-electron chi connectivity index (χ1n) is 4.62. The van der Waals surface area contributed by atoms with Crippen molar-refractivity contribution in [2.24, 2.45) is 0 Å². The van der Waals surface area contributed by atoms with E-state index >= 15 is 0 Å². The summed E-state index contributed by atoms with van der Waals surface area (Å²) >= 11 is -1.32. The summed E-state index contributed by atoms with van der Waals surface area (Å²) in [6.45, 7) is 0. The van der Waals surface area contributed by atoms with Crippen LogP contribution >= 0.6 is 0 Å². The fraction of sp³-hybridized carbons (Fsp3) is 0.889. The van der Waals surface area contributed by atoms with Crippen LogP contribution in [0.1, 0.15) is 25.7 Å². The zero-order valence-corrected chi connectivity index (χ0v) is 9.75. The summed E-state index contributed by atoms with van der Waals surface area (Å²) in [6, 6.07) is 0. The summed E-state index contributed by atoms with van der Waals surface area (Å²) in [5.74, 6) is 5.49. The van der Waals surface area contributed by atoms with Gasteiger partial charge in [0.25, 0.3) is 0 Å². The summed E-state index contributed by atoms with van der Waals surface area (Å²) in [4.78, 5) is 11.1. The molecule has 0 aromatic carbocycles. The quantitative estimate of drug-likeness (QED) is 0.567. The van der Waals surface area contributed by atoms with E-state index in [-0.39, 0.29) is 0 Å². The van der Waals surface area contributed by atoms with Gasteiger partial charge in [-0.15, -0.1) is 0 Å². The van der Waals surface area contributed by atoms with Crippen molar-refractivity contribution in [1.29, 1.82) is 0 Å². The molecule has 1 rings (SSSR count). The first-order chi connectivity index (χ1) is 5.10. The molecular weight excluding hydrogens is 197 g/mol. The van der Waals surface area contributed by atoms with Gasteiger partial charge in [0.1, 0.15) is 0 Å². The van der Waals surface area contributed by atoms with Crippen molar-refractivity contribution >= 4 is 19.0 Å². The van der Waals surface area contributed by atoms with Gasteiger partial charge in [-0.3, -0.25) is 0 Å². The molecule has 0 aromatic heterocycles. The Bertz CT molecular complexity index is 138. The molecule has 0 aliphatic carbocycles. The molecule has 64 valence electrons. The molecule has 1 aliphatic rings. The predicted octanol–water partition coefficient (Wildman–Crippen LogP) is 2.84. The number of carbonyl (C=O) groups is 1. The molecule has 0 amide bonds. The number of ketones is 1. The zero-order chi connectivity index (χ0) is 8.32. The third-order valence-corrected chi connectivity index (χ3v) is 9.78. The molecule has 0 N–H and O–H groups in total. The van der Waals surface area contributed by atoms with E-state index in [4.69, 9.17) is 0 Å². The van der Waals surface area contributed by atoms with Crippen LogP contribution in [0.5, 0.6) is 0 Å². The van der Waals surface area contributed by atoms with E-state index in [1.54, 1.807) is 0 Å². The Morgan fingerprint density at radius 3 is 2.00 bits per heavy atom. The molecule has 11 heavy (non-hydrogen) atoms. The molecule has 0 aromatic rings. The van der Waals surface area contributed by atoms with E-state index in [9.17, 15) is 4.79 Å². The van der Waals surface area contributed by atoms with E-state index in [1.807, 2.05) is 0 Å². The summed E-state index contributed by atoms with van der Waals surface area (Å²) < 4.78 is 0. The number of Topliss-reactive ketones (excluding diaryl/α,β-unsaturated/α-hetero) is 1. The molecule has 1 nitrogen and oxygen atoms in total. The molecule has 0 spiro atoms. The van der Waals surface area contributed by atoms with Crippen LogP contribution in [0.3, 0.4) is 0 Å². The van der Waals surface area contributed by atoms with Gasteiger partial charge in [-0.05, 0) is 0 Å². The molecule has 0 radical (unpaired) electrons. The molecule has 0 atom stereocenters. The monoisotopic (exact) mass is 216 g/mol. The Kier molecular flexibility index (Phi) is 3.17. The van der Waals surface area contributed by atoms with Crippen LogP contribution in [-0.4, -0.2) is 19.0 Å². The minimum absolute atomic E-state index is 0.503. The summed E-state index contributed by atoms with van der Waals surface area (Å²) in [5, 5.41) is 2.82. The summed E-state index contributed by atoms with van der Waals surface area (Å²) in [7, 11) is 0. The second-order valence-corrected chi connectivity index (χ2v) is 15.6. The Morgan fingerprint density at radius 1 is 1.09 bits per heavy atom. The molecule has 0 bridgehead atoms. The fourth-order valence-corrected chi connectivity index (χ4v) is 7.06. The normalized spacial score (nSPS) is 25.8. The molecule has 2 heteroatoms. The average molecular weight is 215 g/mol. The third kappa shape index (κ3) is 3.41. The van der Waals surface area contributed by atoms with Crippen LogP contribution in [-0.2, 0) is 4.79 Å². The van der Waals surface area contributed by atoms with Crippen molar-refractivity contribution in [1.82, 2.24) is 0 Å². The molecule has 1 fully saturated rings. The van der Waals surface area contributed by atoms with E-state index < -0.39 is 13.3 Å². The number of carbonyl (C=O) groups excluding carboxylic acids is 1. The average Bonchev–Trinajstić information content (AvgIpc) is 1.83. The van der Waals surface area contributed by atoms with Crippen molar-refractivity contribution in [3.05, 3.63) is 0 Å². The Labute approximate surface area is 71.9 Å². The van der Waals surface area contributed by atoms with Crippen molar-refractivity contribution in [2.45, 2.75) is 47.7 Å². The van der Waals surface area contributed by atoms with Crippen molar-refractivity contribution in [3.63, 3.8) is 0 Å².